The highest BCUT2D eigenvalue weighted by molar-refractivity contribution is 5.95. The Morgan fingerprint density at radius 3 is 2.10 bits per heavy atom. The first kappa shape index (κ1) is 30.8. The van der Waals surface area contributed by atoms with Crippen LogP contribution in [0.3, 0.4) is 0 Å². The standard InChI is InChI=1S/C25H34N6O8/c1-3-13(2)21(25(38)39)31-24(37)19(10-20(33)34)30-23(36)18(8-14-4-6-16(32)7-5-14)29-22(35)17(26)9-15-11-27-12-28-15/h4-7,11-13,17-19,21,32H,3,8-10,26H2,1-2H3,(H,27,28)(H,29,35)(H,30,36)(H,31,37)(H,33,34)(H,38,39). The van der Waals surface area contributed by atoms with Crippen molar-refractivity contribution in [2.24, 2.45) is 11.7 Å². The number of aromatic hydroxyl groups is 1. The van der Waals surface area contributed by atoms with Crippen molar-refractivity contribution in [3.63, 3.8) is 0 Å². The van der Waals surface area contributed by atoms with Gasteiger partial charge in [0.2, 0.25) is 17.7 Å². The van der Waals surface area contributed by atoms with E-state index in [1.54, 1.807) is 13.8 Å². The van der Waals surface area contributed by atoms with Crippen molar-refractivity contribution in [2.45, 2.75) is 63.7 Å². The number of amides is 3. The van der Waals surface area contributed by atoms with E-state index in [0.717, 1.165) is 0 Å². The molecule has 0 radical (unpaired) electrons. The maximum absolute atomic E-state index is 13.3. The molecule has 14 nitrogen and oxygen atoms in total. The van der Waals surface area contributed by atoms with Crippen molar-refractivity contribution < 1.29 is 39.3 Å². The van der Waals surface area contributed by atoms with Gasteiger partial charge in [0, 0.05) is 24.7 Å². The molecule has 14 heteroatoms. The SMILES string of the molecule is CCC(C)C(NC(=O)C(CC(=O)O)NC(=O)C(Cc1ccc(O)cc1)NC(=O)C(N)Cc1cnc[nH]1)C(=O)O. The molecule has 0 saturated carbocycles. The monoisotopic (exact) mass is 546 g/mol. The number of carbonyl (C=O) groups is 5. The van der Waals surface area contributed by atoms with Crippen LogP contribution in [0.4, 0.5) is 0 Å². The number of nitrogens with one attached hydrogen (secondary N) is 4. The fourth-order valence-corrected chi connectivity index (χ4v) is 3.67. The number of phenols is 1. The first-order chi connectivity index (χ1) is 18.4. The molecule has 2 rings (SSSR count). The molecule has 9 N–H and O–H groups in total. The zero-order chi connectivity index (χ0) is 29.1. The third-order valence-corrected chi connectivity index (χ3v) is 6.13. The highest BCUT2D eigenvalue weighted by Crippen LogP contribution is 2.13. The van der Waals surface area contributed by atoms with E-state index in [2.05, 4.69) is 25.9 Å². The zero-order valence-corrected chi connectivity index (χ0v) is 21.6. The number of aromatic amines is 1. The van der Waals surface area contributed by atoms with Crippen LogP contribution in [0.25, 0.3) is 0 Å². The molecule has 0 aliphatic carbocycles. The number of rotatable bonds is 15. The van der Waals surface area contributed by atoms with E-state index >= 15 is 0 Å². The van der Waals surface area contributed by atoms with Gasteiger partial charge in [-0.05, 0) is 23.6 Å². The number of carboxylic acid groups (broad SMARTS) is 2. The van der Waals surface area contributed by atoms with Gasteiger partial charge in [-0.2, -0.15) is 0 Å². The third kappa shape index (κ3) is 9.74. The second-order valence-electron chi connectivity index (χ2n) is 9.19. The maximum Gasteiger partial charge on any atom is 0.326 e. The van der Waals surface area contributed by atoms with E-state index in [1.807, 2.05) is 0 Å². The Bertz CT molecular complexity index is 1140. The molecule has 1 heterocycles. The lowest BCUT2D eigenvalue weighted by Gasteiger charge is -2.26. The number of H-pyrrole nitrogens is 1. The molecule has 1 aromatic carbocycles. The third-order valence-electron chi connectivity index (χ3n) is 6.13. The van der Waals surface area contributed by atoms with Crippen molar-refractivity contribution >= 4 is 29.7 Å². The fourth-order valence-electron chi connectivity index (χ4n) is 3.67. The van der Waals surface area contributed by atoms with E-state index < -0.39 is 66.2 Å². The van der Waals surface area contributed by atoms with E-state index in [9.17, 15) is 39.3 Å². The summed E-state index contributed by atoms with van der Waals surface area (Å²) in [4.78, 5) is 68.7. The van der Waals surface area contributed by atoms with Crippen LogP contribution in [-0.2, 0) is 36.8 Å². The van der Waals surface area contributed by atoms with Gasteiger partial charge in [0.05, 0.1) is 18.8 Å². The Hall–Kier alpha value is -4.46. The largest absolute Gasteiger partial charge is 0.508 e. The Kier molecular flexibility index (Phi) is 11.4. The quantitative estimate of drug-likeness (QED) is 0.140. The second kappa shape index (κ2) is 14.5. The number of carboxylic acids is 2. The number of benzene rings is 1. The van der Waals surface area contributed by atoms with Crippen molar-refractivity contribution in [1.82, 2.24) is 25.9 Å². The Labute approximate surface area is 224 Å². The first-order valence-corrected chi connectivity index (χ1v) is 12.3. The van der Waals surface area contributed by atoms with Crippen molar-refractivity contribution in [3.8, 4) is 5.75 Å². The lowest BCUT2D eigenvalue weighted by Crippen LogP contribution is -2.58. The summed E-state index contributed by atoms with van der Waals surface area (Å²) < 4.78 is 0. The van der Waals surface area contributed by atoms with Crippen LogP contribution in [-0.4, -0.2) is 79.1 Å². The Balaban J connectivity index is 2.24. The lowest BCUT2D eigenvalue weighted by molar-refractivity contribution is -0.144. The number of imidazole rings is 1. The zero-order valence-electron chi connectivity index (χ0n) is 21.6. The molecule has 0 saturated heterocycles. The normalized spacial score (nSPS) is 14.7. The molecule has 0 aliphatic heterocycles. The van der Waals surface area contributed by atoms with Gasteiger partial charge in [-0.1, -0.05) is 32.4 Å². The second-order valence-corrected chi connectivity index (χ2v) is 9.19. The Morgan fingerprint density at radius 1 is 0.949 bits per heavy atom. The van der Waals surface area contributed by atoms with E-state index in [4.69, 9.17) is 5.73 Å². The molecule has 0 bridgehead atoms. The van der Waals surface area contributed by atoms with Crippen LogP contribution in [0.2, 0.25) is 0 Å². The molecule has 5 unspecified atom stereocenters. The van der Waals surface area contributed by atoms with Gasteiger partial charge in [0.15, 0.2) is 0 Å². The number of nitrogens with two attached hydrogens (primary N) is 1. The summed E-state index contributed by atoms with van der Waals surface area (Å²) in [5.41, 5.74) is 7.11. The fraction of sp³-hybridized carbons (Fsp3) is 0.440. The van der Waals surface area contributed by atoms with Crippen LogP contribution >= 0.6 is 0 Å². The van der Waals surface area contributed by atoms with E-state index in [-0.39, 0.29) is 18.6 Å². The average Bonchev–Trinajstić information content (AvgIpc) is 3.39. The molecule has 212 valence electrons. The van der Waals surface area contributed by atoms with Gasteiger partial charge in [-0.25, -0.2) is 9.78 Å². The molecule has 3 amide bonds. The summed E-state index contributed by atoms with van der Waals surface area (Å²) in [5.74, 6) is -5.77. The molecule has 5 atom stereocenters. The maximum atomic E-state index is 13.3. The number of hydrogen-bond acceptors (Lipinski definition) is 8. The predicted octanol–water partition coefficient (Wildman–Crippen LogP) is -0.712. The molecule has 2 aromatic rings. The Morgan fingerprint density at radius 2 is 1.56 bits per heavy atom. The predicted molar refractivity (Wildman–Crippen MR) is 137 cm³/mol. The first-order valence-electron chi connectivity index (χ1n) is 12.3. The minimum Gasteiger partial charge on any atom is -0.508 e. The summed E-state index contributed by atoms with van der Waals surface area (Å²) >= 11 is 0. The van der Waals surface area contributed by atoms with Gasteiger partial charge in [0.1, 0.15) is 23.9 Å². The molecule has 1 aromatic heterocycles. The smallest absolute Gasteiger partial charge is 0.326 e. The molecular formula is C25H34N6O8. The van der Waals surface area contributed by atoms with Gasteiger partial charge < -0.3 is 42.0 Å². The highest BCUT2D eigenvalue weighted by Gasteiger charge is 2.33. The number of hydrogen-bond donors (Lipinski definition) is 8. The van der Waals surface area contributed by atoms with Crippen molar-refractivity contribution in [2.75, 3.05) is 0 Å². The number of carbonyl (C=O) groups excluding carboxylic acids is 3. The van der Waals surface area contributed by atoms with Gasteiger partial charge >= 0.3 is 11.9 Å². The molecule has 39 heavy (non-hydrogen) atoms. The van der Waals surface area contributed by atoms with Crippen LogP contribution in [0.5, 0.6) is 5.75 Å². The number of aliphatic carboxylic acids is 2. The van der Waals surface area contributed by atoms with Gasteiger partial charge in [-0.3, -0.25) is 19.2 Å². The van der Waals surface area contributed by atoms with Crippen molar-refractivity contribution in [3.05, 3.63) is 48.0 Å². The number of nitrogens with zero attached hydrogens (tertiary/aromatic N) is 1. The van der Waals surface area contributed by atoms with Crippen LogP contribution < -0.4 is 21.7 Å². The molecular weight excluding hydrogens is 512 g/mol. The minimum absolute atomic E-state index is 0.0159. The van der Waals surface area contributed by atoms with Crippen LogP contribution in [0.1, 0.15) is 37.9 Å². The lowest BCUT2D eigenvalue weighted by atomic mass is 9.98. The topological polar surface area (TPSA) is 237 Å². The molecule has 0 fully saturated rings. The van der Waals surface area contributed by atoms with Gasteiger partial charge in [-0.15, -0.1) is 0 Å². The summed E-state index contributed by atoms with van der Waals surface area (Å²) in [6, 6.07) is 0.543. The summed E-state index contributed by atoms with van der Waals surface area (Å²) in [6.45, 7) is 3.34. The number of aromatic nitrogens is 2. The van der Waals surface area contributed by atoms with Crippen molar-refractivity contribution in [1.29, 1.82) is 0 Å². The summed E-state index contributed by atoms with van der Waals surface area (Å²) in [6.07, 6.45) is 2.52. The number of phenolic OH excluding ortho intramolecular Hbond substituents is 1. The van der Waals surface area contributed by atoms with Crippen LogP contribution in [0.15, 0.2) is 36.8 Å². The molecule has 0 spiro atoms. The minimum atomic E-state index is -1.63. The average molecular weight is 547 g/mol. The van der Waals surface area contributed by atoms with Gasteiger partial charge in [0.25, 0.3) is 0 Å². The summed E-state index contributed by atoms with van der Waals surface area (Å²) in [5, 5.41) is 35.5. The highest BCUT2D eigenvalue weighted by atomic mass is 16.4. The van der Waals surface area contributed by atoms with E-state index in [0.29, 0.717) is 17.7 Å². The summed E-state index contributed by atoms with van der Waals surface area (Å²) in [7, 11) is 0. The van der Waals surface area contributed by atoms with Crippen LogP contribution in [0, 0.1) is 5.92 Å². The van der Waals surface area contributed by atoms with E-state index in [1.165, 1.54) is 36.8 Å². The molecule has 0 aliphatic rings.